The molecule has 0 aliphatic carbocycles. The molecule has 5 nitrogen and oxygen atoms in total. The van der Waals surface area contributed by atoms with E-state index in [-0.39, 0.29) is 5.91 Å². The van der Waals surface area contributed by atoms with Gasteiger partial charge in [-0.3, -0.25) is 9.59 Å². The zero-order chi connectivity index (χ0) is 18.9. The molecule has 1 aliphatic heterocycles. The minimum Gasteiger partial charge on any atom is -0.390 e. The number of hydrogen-bond acceptors (Lipinski definition) is 4. The monoisotopic (exact) mass is 372 g/mol. The van der Waals surface area contributed by atoms with Crippen molar-refractivity contribution in [2.24, 2.45) is 5.73 Å². The Morgan fingerprint density at radius 1 is 1.27 bits per heavy atom. The summed E-state index contributed by atoms with van der Waals surface area (Å²) in [6.07, 6.45) is 2.20. The van der Waals surface area contributed by atoms with E-state index in [4.69, 9.17) is 5.73 Å². The number of amides is 2. The number of nitrogens with two attached hydrogens (primary N) is 1. The van der Waals surface area contributed by atoms with Crippen molar-refractivity contribution in [3.05, 3.63) is 56.8 Å². The number of aryl methyl sites for hydroxylation is 1. The van der Waals surface area contributed by atoms with Gasteiger partial charge in [-0.2, -0.15) is 0 Å². The molecule has 26 heavy (non-hydrogen) atoms. The second-order valence-electron chi connectivity index (χ2n) is 7.41. The van der Waals surface area contributed by atoms with Crippen molar-refractivity contribution in [1.29, 1.82) is 0 Å². The Labute approximate surface area is 157 Å². The lowest BCUT2D eigenvalue weighted by atomic mass is 9.98. The molecule has 2 heterocycles. The first-order valence-corrected chi connectivity index (χ1v) is 9.56. The van der Waals surface area contributed by atoms with Crippen LogP contribution in [-0.2, 0) is 19.4 Å². The first-order chi connectivity index (χ1) is 12.2. The number of fused-ring (bicyclic) bond motifs is 1. The van der Waals surface area contributed by atoms with Gasteiger partial charge in [-0.1, -0.05) is 12.1 Å². The van der Waals surface area contributed by atoms with Crippen LogP contribution in [0.1, 0.15) is 56.3 Å². The molecule has 1 aliphatic rings. The molecule has 0 atom stereocenters. The third-order valence-corrected chi connectivity index (χ3v) is 5.87. The fourth-order valence-corrected chi connectivity index (χ4v) is 4.09. The van der Waals surface area contributed by atoms with Gasteiger partial charge in [0.05, 0.1) is 10.5 Å². The highest BCUT2D eigenvalue weighted by atomic mass is 32.1. The van der Waals surface area contributed by atoms with Crippen LogP contribution < -0.4 is 5.73 Å². The third kappa shape index (κ3) is 4.31. The van der Waals surface area contributed by atoms with Crippen molar-refractivity contribution in [1.82, 2.24) is 4.90 Å². The normalized spacial score (nSPS) is 14.2. The van der Waals surface area contributed by atoms with Crippen LogP contribution in [0.4, 0.5) is 0 Å². The molecule has 0 saturated heterocycles. The van der Waals surface area contributed by atoms with Crippen molar-refractivity contribution < 1.29 is 14.7 Å². The molecule has 0 unspecified atom stereocenters. The number of carbonyl (C=O) groups excluding carboxylic acids is 2. The highest BCUT2D eigenvalue weighted by Crippen LogP contribution is 2.28. The predicted molar refractivity (Wildman–Crippen MR) is 102 cm³/mol. The molecule has 3 N–H and O–H groups in total. The van der Waals surface area contributed by atoms with Crippen LogP contribution in [0.25, 0.3) is 0 Å². The van der Waals surface area contributed by atoms with Gasteiger partial charge in [0.1, 0.15) is 0 Å². The zero-order valence-corrected chi connectivity index (χ0v) is 15.9. The number of primary amides is 1. The van der Waals surface area contributed by atoms with Gasteiger partial charge in [0.2, 0.25) is 0 Å². The van der Waals surface area contributed by atoms with Crippen LogP contribution in [0, 0.1) is 0 Å². The maximum absolute atomic E-state index is 12.8. The van der Waals surface area contributed by atoms with Gasteiger partial charge >= 0.3 is 0 Å². The van der Waals surface area contributed by atoms with E-state index in [1.54, 1.807) is 13.8 Å². The maximum Gasteiger partial charge on any atom is 0.258 e. The summed E-state index contributed by atoms with van der Waals surface area (Å²) in [6.45, 7) is 4.75. The molecule has 1 aromatic heterocycles. The molecule has 0 radical (unpaired) electrons. The fraction of sp³-hybridized carbons (Fsp3) is 0.400. The van der Waals surface area contributed by atoms with Gasteiger partial charge in [-0.15, -0.1) is 11.3 Å². The minimum absolute atomic E-state index is 0.00323. The molecular formula is C20H24N2O3S. The molecule has 0 saturated carbocycles. The van der Waals surface area contributed by atoms with E-state index < -0.39 is 11.5 Å². The van der Waals surface area contributed by atoms with Crippen molar-refractivity contribution in [3.8, 4) is 0 Å². The van der Waals surface area contributed by atoms with Gasteiger partial charge in [0, 0.05) is 23.5 Å². The lowest BCUT2D eigenvalue weighted by Gasteiger charge is -2.27. The number of hydrogen-bond donors (Lipinski definition) is 2. The van der Waals surface area contributed by atoms with E-state index in [1.165, 1.54) is 11.3 Å². The Balaban J connectivity index is 1.66. The van der Waals surface area contributed by atoms with Crippen LogP contribution in [-0.4, -0.2) is 34.0 Å². The summed E-state index contributed by atoms with van der Waals surface area (Å²) in [6, 6.07) is 9.40. The van der Waals surface area contributed by atoms with E-state index in [0.29, 0.717) is 30.0 Å². The average molecular weight is 372 g/mol. The summed E-state index contributed by atoms with van der Waals surface area (Å²) in [5.41, 5.74) is 7.44. The maximum atomic E-state index is 12.8. The standard InChI is InChI=1S/C20H24N2O3S/c1-20(2,25)9-7-13-3-5-14(6-4-13)19(24)22-10-8-16-15(12-22)11-17(26-16)18(21)23/h3-6,11,25H,7-10,12H2,1-2H3,(H2,21,23). The molecule has 0 fully saturated rings. The number of rotatable bonds is 5. The second-order valence-corrected chi connectivity index (χ2v) is 8.55. The Kier molecular flexibility index (Phi) is 5.16. The molecule has 3 rings (SSSR count). The second kappa shape index (κ2) is 7.21. The first kappa shape index (κ1) is 18.6. The van der Waals surface area contributed by atoms with Gasteiger partial charge < -0.3 is 15.7 Å². The molecule has 0 bridgehead atoms. The molecule has 1 aromatic carbocycles. The molecule has 138 valence electrons. The van der Waals surface area contributed by atoms with Gasteiger partial charge in [-0.05, 0) is 62.4 Å². The van der Waals surface area contributed by atoms with E-state index >= 15 is 0 Å². The average Bonchev–Trinajstić information content (AvgIpc) is 3.03. The number of benzene rings is 1. The highest BCUT2D eigenvalue weighted by molar-refractivity contribution is 7.14. The minimum atomic E-state index is -0.690. The zero-order valence-electron chi connectivity index (χ0n) is 15.1. The van der Waals surface area contributed by atoms with Crippen LogP contribution in [0.5, 0.6) is 0 Å². The van der Waals surface area contributed by atoms with Gasteiger partial charge in [-0.25, -0.2) is 0 Å². The Bertz CT molecular complexity index is 819. The lowest BCUT2D eigenvalue weighted by molar-refractivity contribution is 0.0710. The van der Waals surface area contributed by atoms with Crippen LogP contribution in [0.15, 0.2) is 30.3 Å². The SMILES string of the molecule is CC(C)(O)CCc1ccc(C(=O)N2CCc3sc(C(N)=O)cc3C2)cc1. The third-order valence-electron chi connectivity index (χ3n) is 4.62. The molecule has 6 heteroatoms. The molecular weight excluding hydrogens is 348 g/mol. The smallest absolute Gasteiger partial charge is 0.258 e. The van der Waals surface area contributed by atoms with Crippen molar-refractivity contribution in [2.45, 2.75) is 45.3 Å². The van der Waals surface area contributed by atoms with Crippen LogP contribution >= 0.6 is 11.3 Å². The number of carbonyl (C=O) groups is 2. The lowest BCUT2D eigenvalue weighted by Crippen LogP contribution is -2.35. The molecule has 2 amide bonds. The van der Waals surface area contributed by atoms with Crippen molar-refractivity contribution in [3.63, 3.8) is 0 Å². The number of thiophene rings is 1. The van der Waals surface area contributed by atoms with E-state index in [0.717, 1.165) is 28.8 Å². The molecule has 2 aromatic rings. The molecule has 0 spiro atoms. The van der Waals surface area contributed by atoms with Crippen LogP contribution in [0.3, 0.4) is 0 Å². The van der Waals surface area contributed by atoms with E-state index in [9.17, 15) is 14.7 Å². The predicted octanol–water partition coefficient (Wildman–Crippen LogP) is 2.75. The fourth-order valence-electron chi connectivity index (χ4n) is 3.07. The van der Waals surface area contributed by atoms with Crippen molar-refractivity contribution in [2.75, 3.05) is 6.54 Å². The summed E-state index contributed by atoms with van der Waals surface area (Å²) in [7, 11) is 0. The van der Waals surface area contributed by atoms with Gasteiger partial charge in [0.15, 0.2) is 0 Å². The van der Waals surface area contributed by atoms with Gasteiger partial charge in [0.25, 0.3) is 11.8 Å². The van der Waals surface area contributed by atoms with E-state index in [1.807, 2.05) is 35.2 Å². The topological polar surface area (TPSA) is 83.6 Å². The summed E-state index contributed by atoms with van der Waals surface area (Å²) in [5, 5.41) is 9.82. The summed E-state index contributed by atoms with van der Waals surface area (Å²) >= 11 is 1.43. The first-order valence-electron chi connectivity index (χ1n) is 8.75. The van der Waals surface area contributed by atoms with Crippen molar-refractivity contribution >= 4 is 23.2 Å². The quantitative estimate of drug-likeness (QED) is 0.846. The van der Waals surface area contributed by atoms with Crippen LogP contribution in [0.2, 0.25) is 0 Å². The summed E-state index contributed by atoms with van der Waals surface area (Å²) in [5.74, 6) is -0.416. The Morgan fingerprint density at radius 2 is 1.96 bits per heavy atom. The Hall–Kier alpha value is -2.18. The highest BCUT2D eigenvalue weighted by Gasteiger charge is 2.24. The number of nitrogens with zero attached hydrogens (tertiary/aromatic N) is 1. The summed E-state index contributed by atoms with van der Waals surface area (Å²) in [4.78, 5) is 27.6. The number of aliphatic hydroxyl groups is 1. The van der Waals surface area contributed by atoms with E-state index in [2.05, 4.69) is 0 Å². The largest absolute Gasteiger partial charge is 0.390 e. The Morgan fingerprint density at radius 3 is 2.58 bits per heavy atom. The summed E-state index contributed by atoms with van der Waals surface area (Å²) < 4.78 is 0.